The molecule has 1 aromatic rings. The molecule has 0 bridgehead atoms. The molecular formula is C13H18N2O2. The number of nitrogens with zero attached hydrogens (tertiary/aromatic N) is 1. The lowest BCUT2D eigenvalue weighted by molar-refractivity contribution is 0.0546. The smallest absolute Gasteiger partial charge is 0.254 e. The standard InChI is InChI=1S/C13H18N2O2/c1-9-11(3-2-4-12(9)14)13(17)15-7-5-10(16)6-8-15/h2-4,10,16H,5-8,14H2,1H3. The van der Waals surface area contributed by atoms with Crippen LogP contribution in [-0.2, 0) is 0 Å². The van der Waals surface area contributed by atoms with Gasteiger partial charge in [0.2, 0.25) is 0 Å². The lowest BCUT2D eigenvalue weighted by Crippen LogP contribution is -2.40. The molecule has 1 aliphatic rings. The summed E-state index contributed by atoms with van der Waals surface area (Å²) in [6.07, 6.45) is 1.06. The van der Waals surface area contributed by atoms with Crippen molar-refractivity contribution >= 4 is 11.6 Å². The van der Waals surface area contributed by atoms with E-state index in [9.17, 15) is 9.90 Å². The monoisotopic (exact) mass is 234 g/mol. The van der Waals surface area contributed by atoms with Gasteiger partial charge in [0.05, 0.1) is 6.10 Å². The summed E-state index contributed by atoms with van der Waals surface area (Å²) in [6, 6.07) is 5.40. The van der Waals surface area contributed by atoms with E-state index < -0.39 is 0 Å². The number of benzene rings is 1. The van der Waals surface area contributed by atoms with E-state index in [2.05, 4.69) is 0 Å². The molecule has 1 aliphatic heterocycles. The van der Waals surface area contributed by atoms with E-state index in [1.54, 1.807) is 23.1 Å². The number of aliphatic hydroxyl groups excluding tert-OH is 1. The van der Waals surface area contributed by atoms with Crippen molar-refractivity contribution in [3.05, 3.63) is 29.3 Å². The van der Waals surface area contributed by atoms with Crippen LogP contribution >= 0.6 is 0 Å². The summed E-state index contributed by atoms with van der Waals surface area (Å²) >= 11 is 0. The summed E-state index contributed by atoms with van der Waals surface area (Å²) in [4.78, 5) is 14.1. The first-order valence-electron chi connectivity index (χ1n) is 5.92. The predicted octanol–water partition coefficient (Wildman–Crippen LogP) is 1.17. The van der Waals surface area contributed by atoms with Crippen molar-refractivity contribution in [1.82, 2.24) is 4.90 Å². The zero-order chi connectivity index (χ0) is 12.4. The molecule has 0 aromatic heterocycles. The van der Waals surface area contributed by atoms with Crippen LogP contribution in [0.4, 0.5) is 5.69 Å². The van der Waals surface area contributed by atoms with Crippen LogP contribution in [0.1, 0.15) is 28.8 Å². The van der Waals surface area contributed by atoms with Gasteiger partial charge < -0.3 is 15.7 Å². The highest BCUT2D eigenvalue weighted by Crippen LogP contribution is 2.19. The van der Waals surface area contributed by atoms with Crippen molar-refractivity contribution in [3.63, 3.8) is 0 Å². The topological polar surface area (TPSA) is 66.6 Å². The molecule has 0 aliphatic carbocycles. The number of aliphatic hydroxyl groups is 1. The van der Waals surface area contributed by atoms with Crippen LogP contribution in [-0.4, -0.2) is 35.1 Å². The first-order chi connectivity index (χ1) is 8.09. The average Bonchev–Trinajstić information content (AvgIpc) is 2.33. The van der Waals surface area contributed by atoms with Gasteiger partial charge in [0.15, 0.2) is 0 Å². The van der Waals surface area contributed by atoms with E-state index in [0.717, 1.165) is 5.56 Å². The lowest BCUT2D eigenvalue weighted by atomic mass is 10.0. The van der Waals surface area contributed by atoms with Crippen LogP contribution in [0.25, 0.3) is 0 Å². The Balaban J connectivity index is 2.17. The minimum atomic E-state index is -0.263. The largest absolute Gasteiger partial charge is 0.398 e. The number of nitrogens with two attached hydrogens (primary N) is 1. The number of amides is 1. The summed E-state index contributed by atoms with van der Waals surface area (Å²) in [5.41, 5.74) is 7.95. The highest BCUT2D eigenvalue weighted by molar-refractivity contribution is 5.96. The Morgan fingerprint density at radius 1 is 1.41 bits per heavy atom. The fourth-order valence-corrected chi connectivity index (χ4v) is 2.12. The number of carbonyl (C=O) groups is 1. The number of rotatable bonds is 1. The molecule has 0 spiro atoms. The lowest BCUT2D eigenvalue weighted by Gasteiger charge is -2.30. The Morgan fingerprint density at radius 3 is 2.71 bits per heavy atom. The second-order valence-electron chi connectivity index (χ2n) is 4.54. The molecule has 17 heavy (non-hydrogen) atoms. The Hall–Kier alpha value is -1.55. The summed E-state index contributed by atoms with van der Waals surface area (Å²) in [5.74, 6) is 0.0155. The van der Waals surface area contributed by atoms with Crippen LogP contribution in [0.2, 0.25) is 0 Å². The Morgan fingerprint density at radius 2 is 2.06 bits per heavy atom. The normalized spacial score (nSPS) is 17.2. The third-order valence-corrected chi connectivity index (χ3v) is 3.36. The summed E-state index contributed by atoms with van der Waals surface area (Å²) in [5, 5.41) is 9.42. The van der Waals surface area contributed by atoms with Gasteiger partial charge in [-0.05, 0) is 37.5 Å². The third-order valence-electron chi connectivity index (χ3n) is 3.36. The van der Waals surface area contributed by atoms with Crippen LogP contribution < -0.4 is 5.73 Å². The second-order valence-corrected chi connectivity index (χ2v) is 4.54. The molecule has 4 nitrogen and oxygen atoms in total. The van der Waals surface area contributed by atoms with Crippen LogP contribution in [0, 0.1) is 6.92 Å². The minimum absolute atomic E-state index is 0.0155. The van der Waals surface area contributed by atoms with Crippen molar-refractivity contribution in [1.29, 1.82) is 0 Å². The average molecular weight is 234 g/mol. The van der Waals surface area contributed by atoms with Gasteiger partial charge >= 0.3 is 0 Å². The van der Waals surface area contributed by atoms with Crippen molar-refractivity contribution in [2.45, 2.75) is 25.9 Å². The van der Waals surface area contributed by atoms with Crippen molar-refractivity contribution in [2.24, 2.45) is 0 Å². The maximum Gasteiger partial charge on any atom is 0.254 e. The van der Waals surface area contributed by atoms with Gasteiger partial charge in [-0.1, -0.05) is 6.07 Å². The Kier molecular flexibility index (Phi) is 3.33. The van der Waals surface area contributed by atoms with Gasteiger partial charge in [-0.15, -0.1) is 0 Å². The number of nitrogen functional groups attached to an aromatic ring is 1. The van der Waals surface area contributed by atoms with E-state index in [4.69, 9.17) is 5.73 Å². The van der Waals surface area contributed by atoms with E-state index >= 15 is 0 Å². The number of hydrogen-bond donors (Lipinski definition) is 2. The SMILES string of the molecule is Cc1c(N)cccc1C(=O)N1CCC(O)CC1. The maximum absolute atomic E-state index is 12.3. The fraction of sp³-hybridized carbons (Fsp3) is 0.462. The van der Waals surface area contributed by atoms with Gasteiger partial charge in [-0.3, -0.25) is 4.79 Å². The maximum atomic E-state index is 12.3. The van der Waals surface area contributed by atoms with Gasteiger partial charge in [0.25, 0.3) is 5.91 Å². The highest BCUT2D eigenvalue weighted by Gasteiger charge is 2.23. The van der Waals surface area contributed by atoms with E-state index in [-0.39, 0.29) is 12.0 Å². The predicted molar refractivity (Wildman–Crippen MR) is 66.7 cm³/mol. The van der Waals surface area contributed by atoms with Crippen LogP contribution in [0.5, 0.6) is 0 Å². The minimum Gasteiger partial charge on any atom is -0.398 e. The Bertz CT molecular complexity index is 423. The van der Waals surface area contributed by atoms with Crippen LogP contribution in [0.15, 0.2) is 18.2 Å². The quantitative estimate of drug-likeness (QED) is 0.717. The summed E-state index contributed by atoms with van der Waals surface area (Å²) in [7, 11) is 0. The van der Waals surface area contributed by atoms with Crippen molar-refractivity contribution < 1.29 is 9.90 Å². The number of carbonyl (C=O) groups excluding carboxylic acids is 1. The molecule has 92 valence electrons. The Labute approximate surface area is 101 Å². The second kappa shape index (κ2) is 4.75. The van der Waals surface area contributed by atoms with E-state index in [1.807, 2.05) is 6.92 Å². The fourth-order valence-electron chi connectivity index (χ4n) is 2.12. The number of piperidine rings is 1. The molecule has 1 saturated heterocycles. The zero-order valence-corrected chi connectivity index (χ0v) is 10.0. The van der Waals surface area contributed by atoms with Gasteiger partial charge in [0.1, 0.15) is 0 Å². The molecule has 0 atom stereocenters. The molecule has 4 heteroatoms. The number of likely N-dealkylation sites (tertiary alicyclic amines) is 1. The van der Waals surface area contributed by atoms with Crippen LogP contribution in [0.3, 0.4) is 0 Å². The molecule has 0 radical (unpaired) electrons. The summed E-state index contributed by atoms with van der Waals surface area (Å²) < 4.78 is 0. The summed E-state index contributed by atoms with van der Waals surface area (Å²) in [6.45, 7) is 3.10. The molecule has 3 N–H and O–H groups in total. The molecule has 1 aromatic carbocycles. The van der Waals surface area contributed by atoms with Crippen molar-refractivity contribution in [3.8, 4) is 0 Å². The molecule has 1 heterocycles. The number of hydrogen-bond acceptors (Lipinski definition) is 3. The molecule has 1 amide bonds. The zero-order valence-electron chi connectivity index (χ0n) is 10.0. The first kappa shape index (κ1) is 11.9. The molecule has 2 rings (SSSR count). The molecular weight excluding hydrogens is 216 g/mol. The number of anilines is 1. The van der Waals surface area contributed by atoms with Gasteiger partial charge in [-0.2, -0.15) is 0 Å². The van der Waals surface area contributed by atoms with Gasteiger partial charge in [0, 0.05) is 24.3 Å². The first-order valence-corrected chi connectivity index (χ1v) is 5.92. The highest BCUT2D eigenvalue weighted by atomic mass is 16.3. The third kappa shape index (κ3) is 2.42. The molecule has 0 unspecified atom stereocenters. The van der Waals surface area contributed by atoms with Gasteiger partial charge in [-0.25, -0.2) is 0 Å². The van der Waals surface area contributed by atoms with E-state index in [1.165, 1.54) is 0 Å². The van der Waals surface area contributed by atoms with E-state index in [0.29, 0.717) is 37.2 Å². The molecule has 0 saturated carbocycles. The molecule has 1 fully saturated rings. The van der Waals surface area contributed by atoms with Crippen molar-refractivity contribution in [2.75, 3.05) is 18.8 Å².